The smallest absolute Gasteiger partial charge is 0.229 e. The van der Waals surface area contributed by atoms with Crippen molar-refractivity contribution in [1.82, 2.24) is 9.97 Å². The van der Waals surface area contributed by atoms with Gasteiger partial charge < -0.3 is 20.1 Å². The van der Waals surface area contributed by atoms with Gasteiger partial charge in [-0.1, -0.05) is 23.8 Å². The zero-order valence-electron chi connectivity index (χ0n) is 15.8. The molecule has 3 aromatic rings. The van der Waals surface area contributed by atoms with Crippen LogP contribution >= 0.6 is 0 Å². The molecule has 0 bridgehead atoms. The summed E-state index contributed by atoms with van der Waals surface area (Å²) in [6.45, 7) is 2.81. The predicted molar refractivity (Wildman–Crippen MR) is 108 cm³/mol. The Hall–Kier alpha value is -3.28. The second kappa shape index (κ2) is 8.89. The van der Waals surface area contributed by atoms with E-state index in [0.717, 1.165) is 41.5 Å². The van der Waals surface area contributed by atoms with Crippen molar-refractivity contribution in [2.75, 3.05) is 31.4 Å². The molecule has 0 aliphatic rings. The molecule has 6 nitrogen and oxygen atoms in total. The normalized spacial score (nSPS) is 10.3. The number of hydrogen-bond donors (Lipinski definition) is 2. The van der Waals surface area contributed by atoms with Crippen molar-refractivity contribution < 1.29 is 9.47 Å². The SMILES string of the molecule is COc1ccc(CCNc2ccnc(Nc3ccc(C)cc3)n2)cc1OC. The molecule has 0 aliphatic heterocycles. The molecule has 0 spiro atoms. The van der Waals surface area contributed by atoms with Gasteiger partial charge in [0.15, 0.2) is 11.5 Å². The quantitative estimate of drug-likeness (QED) is 0.624. The Bertz CT molecular complexity index is 882. The van der Waals surface area contributed by atoms with Gasteiger partial charge in [-0.15, -0.1) is 0 Å². The molecule has 0 amide bonds. The van der Waals surface area contributed by atoms with Crippen LogP contribution < -0.4 is 20.1 Å². The third kappa shape index (κ3) is 5.10. The van der Waals surface area contributed by atoms with Crippen molar-refractivity contribution in [2.45, 2.75) is 13.3 Å². The number of benzene rings is 2. The average Bonchev–Trinajstić information content (AvgIpc) is 2.70. The highest BCUT2D eigenvalue weighted by Crippen LogP contribution is 2.27. The minimum absolute atomic E-state index is 0.565. The van der Waals surface area contributed by atoms with E-state index >= 15 is 0 Å². The molecule has 6 heteroatoms. The molecule has 0 saturated carbocycles. The minimum atomic E-state index is 0.565. The van der Waals surface area contributed by atoms with Crippen LogP contribution in [-0.2, 0) is 6.42 Å². The summed E-state index contributed by atoms with van der Waals surface area (Å²) in [5.41, 5.74) is 3.34. The Kier molecular flexibility index (Phi) is 6.10. The maximum Gasteiger partial charge on any atom is 0.229 e. The van der Waals surface area contributed by atoms with Gasteiger partial charge >= 0.3 is 0 Å². The molecule has 2 aromatic carbocycles. The van der Waals surface area contributed by atoms with Gasteiger partial charge in [-0.2, -0.15) is 4.98 Å². The summed E-state index contributed by atoms with van der Waals surface area (Å²) in [5.74, 6) is 2.81. The number of nitrogens with one attached hydrogen (secondary N) is 2. The molecule has 0 radical (unpaired) electrons. The standard InChI is InChI=1S/C21H24N4O2/c1-15-4-7-17(8-5-15)24-21-23-13-11-20(25-21)22-12-10-16-6-9-18(26-2)19(14-16)27-3/h4-9,11,13-14H,10,12H2,1-3H3,(H2,22,23,24,25). The van der Waals surface area contributed by atoms with Crippen LogP contribution in [0.25, 0.3) is 0 Å². The third-order valence-electron chi connectivity index (χ3n) is 4.13. The Morgan fingerprint density at radius 2 is 1.70 bits per heavy atom. The van der Waals surface area contributed by atoms with Crippen molar-refractivity contribution in [3.8, 4) is 11.5 Å². The molecule has 0 fully saturated rings. The Morgan fingerprint density at radius 1 is 0.926 bits per heavy atom. The summed E-state index contributed by atoms with van der Waals surface area (Å²) in [6, 6.07) is 15.9. The van der Waals surface area contributed by atoms with Gasteiger partial charge in [0.1, 0.15) is 5.82 Å². The fourth-order valence-corrected chi connectivity index (χ4v) is 2.65. The number of nitrogens with zero attached hydrogens (tertiary/aromatic N) is 2. The summed E-state index contributed by atoms with van der Waals surface area (Å²) in [5, 5.41) is 6.55. The molecule has 0 unspecified atom stereocenters. The zero-order chi connectivity index (χ0) is 19.1. The number of rotatable bonds is 8. The highest BCUT2D eigenvalue weighted by atomic mass is 16.5. The number of anilines is 3. The van der Waals surface area contributed by atoms with Crippen LogP contribution in [-0.4, -0.2) is 30.7 Å². The summed E-state index contributed by atoms with van der Waals surface area (Å²) in [6.07, 6.45) is 2.58. The number of aromatic nitrogens is 2. The lowest BCUT2D eigenvalue weighted by Gasteiger charge is -2.11. The molecule has 27 heavy (non-hydrogen) atoms. The topological polar surface area (TPSA) is 68.3 Å². The van der Waals surface area contributed by atoms with Gasteiger partial charge in [0.2, 0.25) is 5.95 Å². The van der Waals surface area contributed by atoms with Crippen LogP contribution in [0, 0.1) is 6.92 Å². The van der Waals surface area contributed by atoms with Gasteiger partial charge in [0.25, 0.3) is 0 Å². The highest BCUT2D eigenvalue weighted by molar-refractivity contribution is 5.55. The molecular weight excluding hydrogens is 340 g/mol. The molecule has 0 saturated heterocycles. The van der Waals surface area contributed by atoms with Crippen LogP contribution in [0.5, 0.6) is 11.5 Å². The van der Waals surface area contributed by atoms with Crippen molar-refractivity contribution in [3.05, 3.63) is 65.9 Å². The van der Waals surface area contributed by atoms with Crippen LogP contribution in [0.4, 0.5) is 17.5 Å². The summed E-state index contributed by atoms with van der Waals surface area (Å²) < 4.78 is 10.6. The van der Waals surface area contributed by atoms with Crippen LogP contribution in [0.3, 0.4) is 0 Å². The van der Waals surface area contributed by atoms with E-state index in [0.29, 0.717) is 5.95 Å². The Balaban J connectivity index is 1.57. The molecule has 3 rings (SSSR count). The number of hydrogen-bond acceptors (Lipinski definition) is 6. The predicted octanol–water partition coefficient (Wildman–Crippen LogP) is 4.20. The minimum Gasteiger partial charge on any atom is -0.493 e. The summed E-state index contributed by atoms with van der Waals surface area (Å²) in [7, 11) is 3.28. The van der Waals surface area contributed by atoms with E-state index in [1.54, 1.807) is 20.4 Å². The maximum atomic E-state index is 5.35. The van der Waals surface area contributed by atoms with Crippen molar-refractivity contribution >= 4 is 17.5 Å². The lowest BCUT2D eigenvalue weighted by molar-refractivity contribution is 0.354. The monoisotopic (exact) mass is 364 g/mol. The van der Waals surface area contributed by atoms with Gasteiger partial charge in [0, 0.05) is 18.4 Å². The first-order valence-corrected chi connectivity index (χ1v) is 8.79. The van der Waals surface area contributed by atoms with Gasteiger partial charge in [-0.3, -0.25) is 0 Å². The van der Waals surface area contributed by atoms with E-state index in [4.69, 9.17) is 9.47 Å². The largest absolute Gasteiger partial charge is 0.493 e. The first kappa shape index (κ1) is 18.5. The second-order valence-electron chi connectivity index (χ2n) is 6.12. The molecule has 0 atom stereocenters. The molecule has 1 heterocycles. The lowest BCUT2D eigenvalue weighted by Crippen LogP contribution is -2.08. The summed E-state index contributed by atoms with van der Waals surface area (Å²) in [4.78, 5) is 8.78. The zero-order valence-corrected chi connectivity index (χ0v) is 15.8. The van der Waals surface area contributed by atoms with Crippen molar-refractivity contribution in [1.29, 1.82) is 0 Å². The number of aryl methyl sites for hydroxylation is 1. The van der Waals surface area contributed by atoms with E-state index in [2.05, 4.69) is 27.5 Å². The Labute approximate surface area is 159 Å². The van der Waals surface area contributed by atoms with Gasteiger partial charge in [0.05, 0.1) is 14.2 Å². The third-order valence-corrected chi connectivity index (χ3v) is 4.13. The number of methoxy groups -OCH3 is 2. The van der Waals surface area contributed by atoms with Gasteiger partial charge in [-0.05, 0) is 49.2 Å². The average molecular weight is 364 g/mol. The van der Waals surface area contributed by atoms with E-state index in [1.165, 1.54) is 5.56 Å². The number of ether oxygens (including phenoxy) is 2. The Morgan fingerprint density at radius 3 is 2.44 bits per heavy atom. The van der Waals surface area contributed by atoms with E-state index < -0.39 is 0 Å². The fourth-order valence-electron chi connectivity index (χ4n) is 2.65. The maximum absolute atomic E-state index is 5.35. The van der Waals surface area contributed by atoms with E-state index in [1.807, 2.05) is 48.5 Å². The van der Waals surface area contributed by atoms with Gasteiger partial charge in [-0.25, -0.2) is 4.98 Å². The van der Waals surface area contributed by atoms with Crippen LogP contribution in [0.1, 0.15) is 11.1 Å². The van der Waals surface area contributed by atoms with E-state index in [-0.39, 0.29) is 0 Å². The second-order valence-corrected chi connectivity index (χ2v) is 6.12. The first-order chi connectivity index (χ1) is 13.2. The molecular formula is C21H24N4O2. The highest BCUT2D eigenvalue weighted by Gasteiger charge is 2.05. The van der Waals surface area contributed by atoms with Crippen LogP contribution in [0.2, 0.25) is 0 Å². The summed E-state index contributed by atoms with van der Waals surface area (Å²) >= 11 is 0. The van der Waals surface area contributed by atoms with E-state index in [9.17, 15) is 0 Å². The van der Waals surface area contributed by atoms with Crippen molar-refractivity contribution in [2.24, 2.45) is 0 Å². The molecule has 140 valence electrons. The van der Waals surface area contributed by atoms with Crippen molar-refractivity contribution in [3.63, 3.8) is 0 Å². The lowest BCUT2D eigenvalue weighted by atomic mass is 10.1. The molecule has 2 N–H and O–H groups in total. The molecule has 0 aliphatic carbocycles. The first-order valence-electron chi connectivity index (χ1n) is 8.79. The molecule has 1 aromatic heterocycles. The fraction of sp³-hybridized carbons (Fsp3) is 0.238. The van der Waals surface area contributed by atoms with Crippen LogP contribution in [0.15, 0.2) is 54.7 Å².